The van der Waals surface area contributed by atoms with Gasteiger partial charge in [-0.1, -0.05) is 41.6 Å². The SMILES string of the molecule is COCCNC(=O)C(c1cccc(OC)c1)N(C(=O)Cn1nnc2ccccc21)c1cccc(C)c1. The third-order valence-corrected chi connectivity index (χ3v) is 5.78. The molecule has 0 aliphatic rings. The second-order valence-corrected chi connectivity index (χ2v) is 8.30. The fourth-order valence-electron chi connectivity index (χ4n) is 4.06. The van der Waals surface area contributed by atoms with Gasteiger partial charge in [0.2, 0.25) is 11.8 Å². The largest absolute Gasteiger partial charge is 0.497 e. The highest BCUT2D eigenvalue weighted by atomic mass is 16.5. The van der Waals surface area contributed by atoms with Crippen LogP contribution in [0.2, 0.25) is 0 Å². The Kier molecular flexibility index (Phi) is 7.92. The number of aromatic nitrogens is 3. The number of carbonyl (C=O) groups excluding carboxylic acids is 2. The van der Waals surface area contributed by atoms with Gasteiger partial charge in [-0.05, 0) is 54.4 Å². The summed E-state index contributed by atoms with van der Waals surface area (Å²) in [7, 11) is 3.13. The summed E-state index contributed by atoms with van der Waals surface area (Å²) in [6, 6.07) is 21.1. The van der Waals surface area contributed by atoms with Crippen molar-refractivity contribution >= 4 is 28.5 Å². The number of fused-ring (bicyclic) bond motifs is 1. The molecule has 0 fully saturated rings. The topological polar surface area (TPSA) is 98.6 Å². The molecule has 3 aromatic carbocycles. The molecule has 1 atom stereocenters. The molecule has 0 radical (unpaired) electrons. The first-order valence-corrected chi connectivity index (χ1v) is 11.6. The maximum Gasteiger partial charge on any atom is 0.249 e. The Bertz CT molecular complexity index is 1350. The fourth-order valence-corrected chi connectivity index (χ4v) is 4.06. The molecule has 0 saturated heterocycles. The third kappa shape index (κ3) is 5.52. The molecule has 1 heterocycles. The summed E-state index contributed by atoms with van der Waals surface area (Å²) in [5, 5.41) is 11.2. The number of hydrogen-bond acceptors (Lipinski definition) is 6. The van der Waals surface area contributed by atoms with E-state index in [1.807, 2.05) is 61.5 Å². The summed E-state index contributed by atoms with van der Waals surface area (Å²) in [4.78, 5) is 29.1. The van der Waals surface area contributed by atoms with Gasteiger partial charge in [0.25, 0.3) is 0 Å². The van der Waals surface area contributed by atoms with Crippen LogP contribution in [0.5, 0.6) is 5.75 Å². The monoisotopic (exact) mass is 487 g/mol. The lowest BCUT2D eigenvalue weighted by Gasteiger charge is -2.32. The van der Waals surface area contributed by atoms with Crippen LogP contribution in [0.3, 0.4) is 0 Å². The van der Waals surface area contributed by atoms with Crippen LogP contribution in [-0.4, -0.2) is 54.2 Å². The average Bonchev–Trinajstić information content (AvgIpc) is 3.29. The molecule has 0 aliphatic carbocycles. The zero-order chi connectivity index (χ0) is 25.5. The van der Waals surface area contributed by atoms with Crippen molar-refractivity contribution in [3.63, 3.8) is 0 Å². The van der Waals surface area contributed by atoms with Gasteiger partial charge in [-0.3, -0.25) is 14.5 Å². The molecule has 36 heavy (non-hydrogen) atoms. The van der Waals surface area contributed by atoms with Crippen molar-refractivity contribution in [1.29, 1.82) is 0 Å². The van der Waals surface area contributed by atoms with E-state index in [4.69, 9.17) is 9.47 Å². The van der Waals surface area contributed by atoms with E-state index in [1.54, 1.807) is 37.1 Å². The van der Waals surface area contributed by atoms with Crippen molar-refractivity contribution in [2.75, 3.05) is 32.3 Å². The summed E-state index contributed by atoms with van der Waals surface area (Å²) < 4.78 is 12.1. The Hall–Kier alpha value is -4.24. The Morgan fingerprint density at radius 2 is 1.83 bits per heavy atom. The lowest BCUT2D eigenvalue weighted by Crippen LogP contribution is -2.46. The fraction of sp³-hybridized carbons (Fsp3) is 0.259. The van der Waals surface area contributed by atoms with Gasteiger partial charge in [0.1, 0.15) is 23.9 Å². The molecule has 1 N–H and O–H groups in total. The summed E-state index contributed by atoms with van der Waals surface area (Å²) in [5.41, 5.74) is 3.59. The molecule has 0 spiro atoms. The van der Waals surface area contributed by atoms with Gasteiger partial charge in [0, 0.05) is 19.3 Å². The molecule has 0 aliphatic heterocycles. The number of carbonyl (C=O) groups is 2. The van der Waals surface area contributed by atoms with Crippen LogP contribution >= 0.6 is 0 Å². The highest BCUT2D eigenvalue weighted by Gasteiger charge is 2.33. The molecule has 9 nitrogen and oxygen atoms in total. The summed E-state index contributed by atoms with van der Waals surface area (Å²) in [6.45, 7) is 2.50. The second-order valence-electron chi connectivity index (χ2n) is 8.30. The average molecular weight is 488 g/mol. The van der Waals surface area contributed by atoms with Crippen molar-refractivity contribution in [2.45, 2.75) is 19.5 Å². The molecule has 186 valence electrons. The number of para-hydroxylation sites is 1. The molecule has 0 saturated carbocycles. The number of aryl methyl sites for hydroxylation is 1. The zero-order valence-corrected chi connectivity index (χ0v) is 20.5. The number of methoxy groups -OCH3 is 2. The first-order valence-electron chi connectivity index (χ1n) is 11.6. The van der Waals surface area contributed by atoms with Gasteiger partial charge < -0.3 is 14.8 Å². The predicted molar refractivity (Wildman–Crippen MR) is 137 cm³/mol. The minimum absolute atomic E-state index is 0.0969. The normalized spacial score (nSPS) is 11.8. The molecular weight excluding hydrogens is 458 g/mol. The van der Waals surface area contributed by atoms with Crippen molar-refractivity contribution in [3.05, 3.63) is 83.9 Å². The van der Waals surface area contributed by atoms with E-state index in [0.29, 0.717) is 35.7 Å². The quantitative estimate of drug-likeness (QED) is 0.345. The lowest BCUT2D eigenvalue weighted by atomic mass is 10.0. The number of ether oxygens (including phenoxy) is 2. The summed E-state index contributed by atoms with van der Waals surface area (Å²) >= 11 is 0. The highest BCUT2D eigenvalue weighted by Crippen LogP contribution is 2.31. The Morgan fingerprint density at radius 3 is 2.61 bits per heavy atom. The molecule has 1 aromatic heterocycles. The minimum Gasteiger partial charge on any atom is -0.497 e. The molecular formula is C27H29N5O4. The maximum atomic E-state index is 14.0. The van der Waals surface area contributed by atoms with Gasteiger partial charge in [-0.2, -0.15) is 0 Å². The molecule has 4 rings (SSSR count). The Labute approximate surface area is 209 Å². The number of rotatable bonds is 10. The Balaban J connectivity index is 1.79. The number of nitrogens with zero attached hydrogens (tertiary/aromatic N) is 4. The van der Waals surface area contributed by atoms with Crippen molar-refractivity contribution in [3.8, 4) is 5.75 Å². The van der Waals surface area contributed by atoms with Gasteiger partial charge in [0.15, 0.2) is 0 Å². The van der Waals surface area contributed by atoms with E-state index >= 15 is 0 Å². The van der Waals surface area contributed by atoms with Crippen LogP contribution < -0.4 is 15.0 Å². The Morgan fingerprint density at radius 1 is 1.03 bits per heavy atom. The van der Waals surface area contributed by atoms with Crippen LogP contribution in [0.4, 0.5) is 5.69 Å². The molecule has 2 amide bonds. The number of hydrogen-bond donors (Lipinski definition) is 1. The standard InChI is InChI=1S/C27H29N5O4/c1-19-8-6-10-21(16-19)32(25(33)18-31-24-13-5-4-12-23(24)29-30-31)26(27(34)28-14-15-35-2)20-9-7-11-22(17-20)36-3/h4-13,16-17,26H,14-15,18H2,1-3H3,(H,28,34). The number of benzene rings is 3. The molecule has 1 unspecified atom stereocenters. The van der Waals surface area contributed by atoms with Gasteiger partial charge in [0.05, 0.1) is 19.2 Å². The molecule has 0 bridgehead atoms. The van der Waals surface area contributed by atoms with Crippen LogP contribution in [0.1, 0.15) is 17.2 Å². The van der Waals surface area contributed by atoms with Crippen molar-refractivity contribution in [1.82, 2.24) is 20.3 Å². The van der Waals surface area contributed by atoms with E-state index in [-0.39, 0.29) is 18.4 Å². The van der Waals surface area contributed by atoms with Crippen molar-refractivity contribution in [2.24, 2.45) is 0 Å². The smallest absolute Gasteiger partial charge is 0.249 e. The van der Waals surface area contributed by atoms with Crippen LogP contribution in [-0.2, 0) is 20.9 Å². The first-order chi connectivity index (χ1) is 17.5. The van der Waals surface area contributed by atoms with Crippen LogP contribution in [0, 0.1) is 6.92 Å². The number of amides is 2. The highest BCUT2D eigenvalue weighted by molar-refractivity contribution is 6.01. The number of anilines is 1. The minimum atomic E-state index is -0.957. The maximum absolute atomic E-state index is 14.0. The van der Waals surface area contributed by atoms with E-state index in [2.05, 4.69) is 15.6 Å². The van der Waals surface area contributed by atoms with E-state index < -0.39 is 6.04 Å². The summed E-state index contributed by atoms with van der Waals surface area (Å²) in [5.74, 6) is -0.0642. The molecule has 9 heteroatoms. The second kappa shape index (κ2) is 11.5. The molecule has 4 aromatic rings. The lowest BCUT2D eigenvalue weighted by molar-refractivity contribution is -0.127. The third-order valence-electron chi connectivity index (χ3n) is 5.78. The van der Waals surface area contributed by atoms with Gasteiger partial charge in [-0.15, -0.1) is 5.10 Å². The summed E-state index contributed by atoms with van der Waals surface area (Å²) in [6.07, 6.45) is 0. The van der Waals surface area contributed by atoms with Crippen LogP contribution in [0.25, 0.3) is 11.0 Å². The van der Waals surface area contributed by atoms with Gasteiger partial charge in [-0.25, -0.2) is 4.68 Å². The van der Waals surface area contributed by atoms with E-state index in [0.717, 1.165) is 11.1 Å². The predicted octanol–water partition coefficient (Wildman–Crippen LogP) is 3.29. The number of nitrogens with one attached hydrogen (secondary N) is 1. The van der Waals surface area contributed by atoms with E-state index in [9.17, 15) is 9.59 Å². The zero-order valence-electron chi connectivity index (χ0n) is 20.5. The van der Waals surface area contributed by atoms with Crippen molar-refractivity contribution < 1.29 is 19.1 Å². The van der Waals surface area contributed by atoms with Gasteiger partial charge >= 0.3 is 0 Å². The van der Waals surface area contributed by atoms with E-state index in [1.165, 1.54) is 4.90 Å². The first kappa shape index (κ1) is 24.9. The van der Waals surface area contributed by atoms with Crippen LogP contribution in [0.15, 0.2) is 72.8 Å².